The largest absolute Gasteiger partial charge is 1.00 e. The van der Waals surface area contributed by atoms with E-state index < -0.39 is 0 Å². The number of aliphatic hydroxyl groups excluding tert-OH is 1. The molecule has 3 heteroatoms. The van der Waals surface area contributed by atoms with Gasteiger partial charge in [-0.15, -0.1) is 6.58 Å². The topological polar surface area (TPSA) is 20.2 Å². The number of halogens is 1. The Hall–Kier alpha value is -0.830. The molecule has 0 radical (unpaired) electrons. The highest BCUT2D eigenvalue weighted by molar-refractivity contribution is 5.13. The van der Waals surface area contributed by atoms with Crippen LogP contribution in [-0.2, 0) is 6.54 Å². The van der Waals surface area contributed by atoms with Crippen molar-refractivity contribution < 1.29 is 22.0 Å². The first-order valence-electron chi connectivity index (χ1n) is 10.6. The van der Waals surface area contributed by atoms with E-state index in [0.29, 0.717) is 0 Å². The Morgan fingerprint density at radius 3 is 1.74 bits per heavy atom. The Morgan fingerprint density at radius 2 is 1.30 bits per heavy atom. The summed E-state index contributed by atoms with van der Waals surface area (Å²) in [7, 11) is 4.72. The highest BCUT2D eigenvalue weighted by Gasteiger charge is 2.14. The van der Waals surface area contributed by atoms with Gasteiger partial charge in [-0.3, -0.25) is 0 Å². The molecule has 0 saturated carbocycles. The van der Waals surface area contributed by atoms with Gasteiger partial charge in [0.2, 0.25) is 0 Å². The summed E-state index contributed by atoms with van der Waals surface area (Å²) < 4.78 is 1.11. The summed E-state index contributed by atoms with van der Waals surface area (Å²) in [6.07, 6.45) is 15.7. The maximum absolute atomic E-state index is 7.76. The van der Waals surface area contributed by atoms with Crippen LogP contribution in [0.15, 0.2) is 43.0 Å². The Kier molecular flexibility index (Phi) is 20.9. The standard InChI is InChI=1S/C21H38N.C3H6O.ClH/c1-4-5-6-7-8-9-10-11-12-16-19-22(2,3)20-21-17-14-13-15-18-21;1-2-3-4;/h13-15,17-18H,4-12,16,19-20H2,1-3H3;2,4H,1,3H2;1H/q+1;;/p-1. The van der Waals surface area contributed by atoms with Crippen molar-refractivity contribution in [2.45, 2.75) is 77.7 Å². The van der Waals surface area contributed by atoms with Gasteiger partial charge in [-0.05, 0) is 12.8 Å². The Balaban J connectivity index is 0. The molecule has 2 nitrogen and oxygen atoms in total. The van der Waals surface area contributed by atoms with Gasteiger partial charge in [-0.25, -0.2) is 0 Å². The van der Waals surface area contributed by atoms with Crippen LogP contribution in [0.5, 0.6) is 0 Å². The molecule has 0 amide bonds. The molecule has 0 unspecified atom stereocenters. The number of hydrogen-bond donors (Lipinski definition) is 1. The van der Waals surface area contributed by atoms with E-state index in [1.165, 1.54) is 82.4 Å². The summed E-state index contributed by atoms with van der Waals surface area (Å²) in [5, 5.41) is 7.76. The highest BCUT2D eigenvalue weighted by atomic mass is 35.5. The minimum atomic E-state index is 0. The molecule has 27 heavy (non-hydrogen) atoms. The maximum Gasteiger partial charge on any atom is 0.104 e. The Labute approximate surface area is 175 Å². The average Bonchev–Trinajstić information content (AvgIpc) is 2.64. The smallest absolute Gasteiger partial charge is 0.104 e. The van der Waals surface area contributed by atoms with Crippen molar-refractivity contribution in [3.63, 3.8) is 0 Å². The van der Waals surface area contributed by atoms with Crippen LogP contribution >= 0.6 is 0 Å². The van der Waals surface area contributed by atoms with Crippen molar-refractivity contribution in [1.29, 1.82) is 0 Å². The summed E-state index contributed by atoms with van der Waals surface area (Å²) in [5.41, 5.74) is 1.46. The number of quaternary nitrogens is 1. The summed E-state index contributed by atoms with van der Waals surface area (Å²) in [5.74, 6) is 0. The number of hydrogen-bond acceptors (Lipinski definition) is 1. The van der Waals surface area contributed by atoms with Gasteiger partial charge in [-0.2, -0.15) is 0 Å². The van der Waals surface area contributed by atoms with E-state index in [1.54, 1.807) is 0 Å². The van der Waals surface area contributed by atoms with E-state index in [0.717, 1.165) is 11.0 Å². The van der Waals surface area contributed by atoms with Crippen molar-refractivity contribution in [3.8, 4) is 0 Å². The number of unbranched alkanes of at least 4 members (excludes halogenated alkanes) is 9. The first-order chi connectivity index (χ1) is 12.6. The van der Waals surface area contributed by atoms with E-state index >= 15 is 0 Å². The van der Waals surface area contributed by atoms with Gasteiger partial charge in [0.1, 0.15) is 6.54 Å². The van der Waals surface area contributed by atoms with Gasteiger partial charge in [0.15, 0.2) is 0 Å². The van der Waals surface area contributed by atoms with E-state index in [9.17, 15) is 0 Å². The molecule has 1 aromatic rings. The molecule has 1 rings (SSSR count). The second-order valence-corrected chi connectivity index (χ2v) is 7.96. The SMILES string of the molecule is C=CCO.CCCCCCCCCCCC[N+](C)(C)Cc1ccccc1.[Cl-]. The van der Waals surface area contributed by atoms with Crippen molar-refractivity contribution in [3.05, 3.63) is 48.6 Å². The molecule has 0 heterocycles. The molecule has 1 N–H and O–H groups in total. The molecule has 0 spiro atoms. The fraction of sp³-hybridized carbons (Fsp3) is 0.667. The fourth-order valence-corrected chi connectivity index (χ4v) is 3.18. The van der Waals surface area contributed by atoms with Crippen LogP contribution < -0.4 is 12.4 Å². The summed E-state index contributed by atoms with van der Waals surface area (Å²) in [6.45, 7) is 8.05. The van der Waals surface area contributed by atoms with Crippen LogP contribution in [0.25, 0.3) is 0 Å². The van der Waals surface area contributed by atoms with Crippen LogP contribution in [0.2, 0.25) is 0 Å². The van der Waals surface area contributed by atoms with E-state index in [4.69, 9.17) is 5.11 Å². The normalized spacial score (nSPS) is 10.5. The second-order valence-electron chi connectivity index (χ2n) is 7.96. The van der Waals surface area contributed by atoms with Gasteiger partial charge < -0.3 is 22.0 Å². The van der Waals surface area contributed by atoms with Crippen molar-refractivity contribution in [1.82, 2.24) is 0 Å². The summed E-state index contributed by atoms with van der Waals surface area (Å²) in [6, 6.07) is 10.9. The minimum absolute atomic E-state index is 0. The fourth-order valence-electron chi connectivity index (χ4n) is 3.18. The third-order valence-electron chi connectivity index (χ3n) is 4.70. The molecule has 0 saturated heterocycles. The molecular weight excluding hydrogens is 354 g/mol. The molecule has 0 bridgehead atoms. The van der Waals surface area contributed by atoms with E-state index in [1.807, 2.05) is 0 Å². The zero-order chi connectivity index (χ0) is 19.5. The number of rotatable bonds is 14. The molecular formula is C24H44ClNO. The lowest BCUT2D eigenvalue weighted by atomic mass is 10.1. The lowest BCUT2D eigenvalue weighted by Crippen LogP contribution is -3.00. The van der Waals surface area contributed by atoms with Crippen molar-refractivity contribution in [2.75, 3.05) is 27.2 Å². The predicted octanol–water partition coefficient (Wildman–Crippen LogP) is 3.35. The van der Waals surface area contributed by atoms with Crippen LogP contribution in [0.3, 0.4) is 0 Å². The maximum atomic E-state index is 7.76. The molecule has 0 aliphatic heterocycles. The third-order valence-corrected chi connectivity index (χ3v) is 4.70. The first kappa shape index (κ1) is 28.4. The molecule has 0 aliphatic rings. The summed E-state index contributed by atoms with van der Waals surface area (Å²) >= 11 is 0. The predicted molar refractivity (Wildman–Crippen MR) is 116 cm³/mol. The van der Waals surface area contributed by atoms with Crippen molar-refractivity contribution >= 4 is 0 Å². The number of benzene rings is 1. The zero-order valence-electron chi connectivity index (χ0n) is 18.1. The third kappa shape index (κ3) is 19.7. The van der Waals surface area contributed by atoms with Gasteiger partial charge in [-0.1, -0.05) is 94.7 Å². The zero-order valence-corrected chi connectivity index (χ0v) is 18.9. The summed E-state index contributed by atoms with van der Waals surface area (Å²) in [4.78, 5) is 0. The highest BCUT2D eigenvalue weighted by Crippen LogP contribution is 2.13. The molecule has 0 aliphatic carbocycles. The lowest BCUT2D eigenvalue weighted by molar-refractivity contribution is -0.903. The van der Waals surface area contributed by atoms with Crippen LogP contribution in [0.4, 0.5) is 0 Å². The van der Waals surface area contributed by atoms with Crippen LogP contribution in [0, 0.1) is 0 Å². The average molecular weight is 398 g/mol. The number of aliphatic hydroxyl groups is 1. The van der Waals surface area contributed by atoms with E-state index in [2.05, 4.69) is 57.9 Å². The number of nitrogens with zero attached hydrogens (tertiary/aromatic N) is 1. The second kappa shape index (κ2) is 19.9. The lowest BCUT2D eigenvalue weighted by Gasteiger charge is -2.30. The van der Waals surface area contributed by atoms with Crippen LogP contribution in [0.1, 0.15) is 76.7 Å². The minimum Gasteiger partial charge on any atom is -1.00 e. The quantitative estimate of drug-likeness (QED) is 0.290. The Morgan fingerprint density at radius 1 is 0.852 bits per heavy atom. The molecule has 0 aromatic heterocycles. The molecule has 0 fully saturated rings. The van der Waals surface area contributed by atoms with Crippen LogP contribution in [-0.4, -0.2) is 36.8 Å². The van der Waals surface area contributed by atoms with Gasteiger partial charge in [0.05, 0.1) is 27.2 Å². The molecule has 158 valence electrons. The Bertz CT molecular complexity index is 420. The first-order valence-corrected chi connectivity index (χ1v) is 10.6. The van der Waals surface area contributed by atoms with Gasteiger partial charge >= 0.3 is 0 Å². The van der Waals surface area contributed by atoms with E-state index in [-0.39, 0.29) is 19.0 Å². The van der Waals surface area contributed by atoms with Gasteiger partial charge in [0.25, 0.3) is 0 Å². The van der Waals surface area contributed by atoms with Gasteiger partial charge in [0, 0.05) is 5.56 Å². The van der Waals surface area contributed by atoms with Crippen molar-refractivity contribution in [2.24, 2.45) is 0 Å². The monoisotopic (exact) mass is 397 g/mol. The molecule has 1 aromatic carbocycles. The molecule has 0 atom stereocenters.